The Morgan fingerprint density at radius 2 is 2.29 bits per heavy atom. The van der Waals surface area contributed by atoms with E-state index in [0.717, 1.165) is 16.5 Å². The summed E-state index contributed by atoms with van der Waals surface area (Å²) in [5.41, 5.74) is 1.62. The van der Waals surface area contributed by atoms with Crippen LogP contribution in [0.25, 0.3) is 0 Å². The van der Waals surface area contributed by atoms with E-state index in [1.807, 2.05) is 13.0 Å². The monoisotopic (exact) mass is 273 g/mol. The molecular weight excluding hydrogens is 265 g/mol. The molecule has 0 bridgehead atoms. The second-order valence-corrected chi connectivity index (χ2v) is 4.72. The van der Waals surface area contributed by atoms with E-state index in [1.165, 1.54) is 0 Å². The third-order valence-electron chi connectivity index (χ3n) is 2.32. The molecule has 74 valence electrons. The quantitative estimate of drug-likeness (QED) is 0.774. The van der Waals surface area contributed by atoms with E-state index < -0.39 is 0 Å². The molecule has 0 radical (unpaired) electrons. The highest BCUT2D eigenvalue weighted by Gasteiger charge is 2.25. The summed E-state index contributed by atoms with van der Waals surface area (Å²) in [6.07, 6.45) is 0.822. The van der Waals surface area contributed by atoms with Gasteiger partial charge < -0.3 is 5.32 Å². The van der Waals surface area contributed by atoms with Gasteiger partial charge in [0.15, 0.2) is 0 Å². The summed E-state index contributed by atoms with van der Waals surface area (Å²) in [5.74, 6) is -0.0787. The van der Waals surface area contributed by atoms with Gasteiger partial charge in [0.1, 0.15) is 0 Å². The van der Waals surface area contributed by atoms with Gasteiger partial charge in [-0.1, -0.05) is 27.5 Å². The summed E-state index contributed by atoms with van der Waals surface area (Å²) in [6, 6.07) is 3.79. The van der Waals surface area contributed by atoms with Crippen LogP contribution in [0.4, 0.5) is 0 Å². The van der Waals surface area contributed by atoms with Crippen molar-refractivity contribution in [2.24, 2.45) is 0 Å². The van der Waals surface area contributed by atoms with Gasteiger partial charge in [0.25, 0.3) is 5.91 Å². The zero-order chi connectivity index (χ0) is 10.3. The van der Waals surface area contributed by atoms with Crippen LogP contribution >= 0.6 is 27.5 Å². The average molecular weight is 275 g/mol. The third kappa shape index (κ3) is 1.55. The van der Waals surface area contributed by atoms with Gasteiger partial charge in [-0.3, -0.25) is 4.79 Å². The van der Waals surface area contributed by atoms with Crippen LogP contribution in [-0.2, 0) is 6.42 Å². The largest absolute Gasteiger partial charge is 0.349 e. The molecule has 1 N–H and O–H groups in total. The first-order chi connectivity index (χ1) is 6.59. The fourth-order valence-corrected chi connectivity index (χ4v) is 2.45. The zero-order valence-corrected chi connectivity index (χ0v) is 9.95. The van der Waals surface area contributed by atoms with E-state index in [0.29, 0.717) is 10.6 Å². The normalized spacial score (nSPS) is 20.2. The number of benzene rings is 1. The lowest BCUT2D eigenvalue weighted by atomic mass is 9.96. The van der Waals surface area contributed by atoms with Gasteiger partial charge in [-0.2, -0.15) is 0 Å². The Bertz CT molecular complexity index is 405. The predicted molar refractivity (Wildman–Crippen MR) is 59.8 cm³/mol. The van der Waals surface area contributed by atoms with Crippen LogP contribution in [-0.4, -0.2) is 11.9 Å². The van der Waals surface area contributed by atoms with Gasteiger partial charge >= 0.3 is 0 Å². The van der Waals surface area contributed by atoms with Crippen LogP contribution < -0.4 is 5.32 Å². The molecule has 1 aliphatic rings. The van der Waals surface area contributed by atoms with Crippen molar-refractivity contribution in [1.82, 2.24) is 5.32 Å². The van der Waals surface area contributed by atoms with Crippen LogP contribution in [0.2, 0.25) is 5.02 Å². The maximum absolute atomic E-state index is 11.7. The van der Waals surface area contributed by atoms with Crippen molar-refractivity contribution in [2.75, 3.05) is 0 Å². The van der Waals surface area contributed by atoms with Gasteiger partial charge in [0.05, 0.1) is 10.6 Å². The number of fused-ring (bicyclic) bond motifs is 1. The van der Waals surface area contributed by atoms with Crippen molar-refractivity contribution >= 4 is 33.4 Å². The Morgan fingerprint density at radius 3 is 3.00 bits per heavy atom. The van der Waals surface area contributed by atoms with Crippen molar-refractivity contribution in [3.63, 3.8) is 0 Å². The van der Waals surface area contributed by atoms with E-state index >= 15 is 0 Å². The summed E-state index contributed by atoms with van der Waals surface area (Å²) in [4.78, 5) is 11.7. The molecule has 1 unspecified atom stereocenters. The van der Waals surface area contributed by atoms with Crippen LogP contribution in [0.3, 0.4) is 0 Å². The maximum Gasteiger partial charge on any atom is 0.253 e. The molecule has 1 amide bonds. The van der Waals surface area contributed by atoms with Gasteiger partial charge in [0, 0.05) is 10.5 Å². The third-order valence-corrected chi connectivity index (χ3v) is 3.38. The SMILES string of the molecule is CC1Cc2c(Br)ccc(Cl)c2C(=O)N1. The lowest BCUT2D eigenvalue weighted by Crippen LogP contribution is -2.39. The molecule has 0 aromatic heterocycles. The number of hydrogen-bond acceptors (Lipinski definition) is 1. The Morgan fingerprint density at radius 1 is 1.57 bits per heavy atom. The molecule has 0 saturated carbocycles. The highest BCUT2D eigenvalue weighted by molar-refractivity contribution is 9.10. The van der Waals surface area contributed by atoms with E-state index in [-0.39, 0.29) is 11.9 Å². The van der Waals surface area contributed by atoms with Gasteiger partial charge in [-0.25, -0.2) is 0 Å². The standard InChI is InChI=1S/C10H9BrClNO/c1-5-4-6-7(11)2-3-8(12)9(6)10(14)13-5/h2-3,5H,4H2,1H3,(H,13,14). The summed E-state index contributed by atoms with van der Waals surface area (Å²) in [5, 5.41) is 3.38. The molecule has 1 aliphatic heterocycles. The molecule has 0 aliphatic carbocycles. The predicted octanol–water partition coefficient (Wildman–Crippen LogP) is 2.78. The molecular formula is C10H9BrClNO. The Balaban J connectivity index is 2.63. The lowest BCUT2D eigenvalue weighted by molar-refractivity contribution is 0.0929. The summed E-state index contributed by atoms with van der Waals surface area (Å²) in [6.45, 7) is 1.98. The van der Waals surface area contributed by atoms with E-state index in [1.54, 1.807) is 6.07 Å². The Hall–Kier alpha value is -0.540. The number of carbonyl (C=O) groups is 1. The number of amides is 1. The second-order valence-electron chi connectivity index (χ2n) is 3.46. The molecule has 0 saturated heterocycles. The molecule has 1 aromatic rings. The van der Waals surface area contributed by atoms with Crippen molar-refractivity contribution in [3.05, 3.63) is 32.8 Å². The second kappa shape index (κ2) is 3.55. The van der Waals surface area contributed by atoms with E-state index in [2.05, 4.69) is 21.2 Å². The number of rotatable bonds is 0. The van der Waals surface area contributed by atoms with Crippen molar-refractivity contribution in [3.8, 4) is 0 Å². The minimum atomic E-state index is -0.0787. The Labute approximate surface area is 95.8 Å². The number of nitrogens with one attached hydrogen (secondary N) is 1. The first kappa shape index (κ1) is 9.99. The molecule has 14 heavy (non-hydrogen) atoms. The molecule has 2 rings (SSSR count). The minimum absolute atomic E-state index is 0.0787. The van der Waals surface area contributed by atoms with E-state index in [9.17, 15) is 4.79 Å². The molecule has 2 nitrogen and oxygen atoms in total. The Kier molecular flexibility index (Phi) is 2.54. The number of hydrogen-bond donors (Lipinski definition) is 1. The van der Waals surface area contributed by atoms with Crippen LogP contribution in [0.1, 0.15) is 22.8 Å². The summed E-state index contributed by atoms with van der Waals surface area (Å²) in [7, 11) is 0. The van der Waals surface area contributed by atoms with Gasteiger partial charge in [-0.15, -0.1) is 0 Å². The number of halogens is 2. The van der Waals surface area contributed by atoms with Gasteiger partial charge in [0.2, 0.25) is 0 Å². The number of carbonyl (C=O) groups excluding carboxylic acids is 1. The first-order valence-corrected chi connectivity index (χ1v) is 5.54. The molecule has 0 fully saturated rings. The fourth-order valence-electron chi connectivity index (χ4n) is 1.69. The topological polar surface area (TPSA) is 29.1 Å². The zero-order valence-electron chi connectivity index (χ0n) is 7.60. The molecule has 4 heteroatoms. The van der Waals surface area contributed by atoms with Gasteiger partial charge in [-0.05, 0) is 31.0 Å². The lowest BCUT2D eigenvalue weighted by Gasteiger charge is -2.24. The smallest absolute Gasteiger partial charge is 0.253 e. The summed E-state index contributed by atoms with van der Waals surface area (Å²) >= 11 is 9.41. The minimum Gasteiger partial charge on any atom is -0.349 e. The van der Waals surface area contributed by atoms with Crippen LogP contribution in [0.15, 0.2) is 16.6 Å². The van der Waals surface area contributed by atoms with E-state index in [4.69, 9.17) is 11.6 Å². The van der Waals surface area contributed by atoms with Crippen LogP contribution in [0.5, 0.6) is 0 Å². The van der Waals surface area contributed by atoms with Crippen LogP contribution in [0, 0.1) is 0 Å². The first-order valence-electron chi connectivity index (χ1n) is 4.37. The summed E-state index contributed by atoms with van der Waals surface area (Å²) < 4.78 is 0.957. The molecule has 1 heterocycles. The van der Waals surface area contributed by atoms with Crippen molar-refractivity contribution in [2.45, 2.75) is 19.4 Å². The van der Waals surface area contributed by atoms with Crippen molar-refractivity contribution in [1.29, 1.82) is 0 Å². The molecule has 0 spiro atoms. The molecule has 1 aromatic carbocycles. The highest BCUT2D eigenvalue weighted by atomic mass is 79.9. The van der Waals surface area contributed by atoms with Crippen molar-refractivity contribution < 1.29 is 4.79 Å². The maximum atomic E-state index is 11.7. The highest BCUT2D eigenvalue weighted by Crippen LogP contribution is 2.30. The molecule has 1 atom stereocenters. The average Bonchev–Trinajstić information content (AvgIpc) is 2.10. The fraction of sp³-hybridized carbons (Fsp3) is 0.300.